The number of likely N-dealkylation sites (tertiary alicyclic amines) is 1. The fourth-order valence-corrected chi connectivity index (χ4v) is 4.86. The molecule has 4 rings (SSSR count). The van der Waals surface area contributed by atoms with E-state index in [0.29, 0.717) is 18.4 Å². The Labute approximate surface area is 184 Å². The van der Waals surface area contributed by atoms with Crippen LogP contribution >= 0.6 is 0 Å². The molecule has 2 aromatic carbocycles. The number of hydrogen-bond acceptors (Lipinski definition) is 4. The van der Waals surface area contributed by atoms with E-state index in [9.17, 15) is 4.79 Å². The number of methoxy groups -OCH3 is 2. The van der Waals surface area contributed by atoms with Crippen LogP contribution in [0.1, 0.15) is 49.7 Å². The minimum absolute atomic E-state index is 0.376. The predicted molar refractivity (Wildman–Crippen MR) is 125 cm³/mol. The summed E-state index contributed by atoms with van der Waals surface area (Å²) in [6.45, 7) is 7.02. The minimum atomic E-state index is 0.376. The third-order valence-electron chi connectivity index (χ3n) is 6.50. The first-order valence-electron chi connectivity index (χ1n) is 11.1. The number of aldehydes is 1. The van der Waals surface area contributed by atoms with E-state index in [-0.39, 0.29) is 0 Å². The van der Waals surface area contributed by atoms with Crippen LogP contribution in [-0.2, 0) is 4.79 Å². The lowest BCUT2D eigenvalue weighted by Gasteiger charge is -2.30. The number of carbonyl (C=O) groups is 1. The van der Waals surface area contributed by atoms with Gasteiger partial charge in [-0.25, -0.2) is 0 Å². The zero-order chi connectivity index (χ0) is 22.0. The van der Waals surface area contributed by atoms with Crippen molar-refractivity contribution in [2.45, 2.75) is 38.5 Å². The number of nitrogens with zero attached hydrogens (tertiary/aromatic N) is 1. The predicted octanol–water partition coefficient (Wildman–Crippen LogP) is 5.35. The van der Waals surface area contributed by atoms with Gasteiger partial charge in [-0.3, -0.25) is 4.90 Å². The second-order valence-corrected chi connectivity index (χ2v) is 8.68. The molecule has 0 aliphatic carbocycles. The van der Waals surface area contributed by atoms with Crippen LogP contribution in [-0.4, -0.2) is 50.0 Å². The topological polar surface area (TPSA) is 54.6 Å². The third kappa shape index (κ3) is 4.19. The van der Waals surface area contributed by atoms with Gasteiger partial charge in [0, 0.05) is 16.5 Å². The fourth-order valence-electron chi connectivity index (χ4n) is 4.86. The zero-order valence-electron chi connectivity index (χ0n) is 18.9. The highest BCUT2D eigenvalue weighted by molar-refractivity contribution is 5.92. The number of ether oxygens (including phenoxy) is 2. The van der Waals surface area contributed by atoms with Crippen molar-refractivity contribution >= 4 is 17.2 Å². The SMILES string of the molecule is COc1ccc(-c2[nH]c3ccc(C4CCN(CC=O)CC4)cc3c2C(C)C)cc1OC. The van der Waals surface area contributed by atoms with Gasteiger partial charge in [-0.05, 0) is 79.2 Å². The van der Waals surface area contributed by atoms with Crippen molar-refractivity contribution in [3.05, 3.63) is 47.5 Å². The lowest BCUT2D eigenvalue weighted by molar-refractivity contribution is -0.109. The molecule has 5 heteroatoms. The maximum atomic E-state index is 10.8. The Bertz CT molecular complexity index is 1060. The first-order valence-corrected chi connectivity index (χ1v) is 11.1. The van der Waals surface area contributed by atoms with E-state index < -0.39 is 0 Å². The molecule has 1 aliphatic heterocycles. The number of aromatic amines is 1. The average Bonchev–Trinajstić information content (AvgIpc) is 3.18. The van der Waals surface area contributed by atoms with E-state index in [1.54, 1.807) is 14.2 Å². The van der Waals surface area contributed by atoms with E-state index in [1.807, 2.05) is 12.1 Å². The Kier molecular flexibility index (Phi) is 6.33. The Morgan fingerprint density at radius 1 is 1.06 bits per heavy atom. The van der Waals surface area contributed by atoms with Crippen molar-refractivity contribution in [1.29, 1.82) is 0 Å². The molecule has 0 amide bonds. The van der Waals surface area contributed by atoms with E-state index in [2.05, 4.69) is 48.0 Å². The molecule has 0 radical (unpaired) electrons. The summed E-state index contributed by atoms with van der Waals surface area (Å²) < 4.78 is 10.9. The summed E-state index contributed by atoms with van der Waals surface area (Å²) in [5, 5.41) is 1.30. The van der Waals surface area contributed by atoms with E-state index in [4.69, 9.17) is 9.47 Å². The van der Waals surface area contributed by atoms with E-state index in [0.717, 1.165) is 60.5 Å². The molecule has 2 heterocycles. The molecule has 31 heavy (non-hydrogen) atoms. The summed E-state index contributed by atoms with van der Waals surface area (Å²) in [4.78, 5) is 16.7. The Morgan fingerprint density at radius 2 is 1.81 bits per heavy atom. The largest absolute Gasteiger partial charge is 0.493 e. The number of H-pyrrole nitrogens is 1. The van der Waals surface area contributed by atoms with Crippen molar-refractivity contribution < 1.29 is 14.3 Å². The molecule has 0 unspecified atom stereocenters. The molecule has 1 aliphatic rings. The van der Waals surface area contributed by atoms with Gasteiger partial charge < -0.3 is 19.3 Å². The molecule has 3 aromatic rings. The second kappa shape index (κ2) is 9.15. The van der Waals surface area contributed by atoms with Crippen LogP contribution in [0.4, 0.5) is 0 Å². The Morgan fingerprint density at radius 3 is 2.45 bits per heavy atom. The van der Waals surface area contributed by atoms with E-state index in [1.165, 1.54) is 16.5 Å². The Balaban J connectivity index is 1.72. The first kappa shape index (κ1) is 21.4. The average molecular weight is 421 g/mol. The third-order valence-corrected chi connectivity index (χ3v) is 6.50. The summed E-state index contributed by atoms with van der Waals surface area (Å²) in [6.07, 6.45) is 3.21. The van der Waals surface area contributed by atoms with Gasteiger partial charge >= 0.3 is 0 Å². The second-order valence-electron chi connectivity index (χ2n) is 8.68. The number of carbonyl (C=O) groups excluding carboxylic acids is 1. The van der Waals surface area contributed by atoms with Crippen molar-refractivity contribution in [3.8, 4) is 22.8 Å². The molecule has 0 spiro atoms. The molecule has 164 valence electrons. The van der Waals surface area contributed by atoms with E-state index >= 15 is 0 Å². The summed E-state index contributed by atoms with van der Waals surface area (Å²) >= 11 is 0. The van der Waals surface area contributed by atoms with Gasteiger partial charge in [0.25, 0.3) is 0 Å². The zero-order valence-corrected chi connectivity index (χ0v) is 18.9. The quantitative estimate of drug-likeness (QED) is 0.523. The molecule has 5 nitrogen and oxygen atoms in total. The van der Waals surface area contributed by atoms with Gasteiger partial charge in [-0.2, -0.15) is 0 Å². The molecule has 1 saturated heterocycles. The molecule has 1 N–H and O–H groups in total. The highest BCUT2D eigenvalue weighted by Gasteiger charge is 2.23. The van der Waals surface area contributed by atoms with Crippen LogP contribution in [0.3, 0.4) is 0 Å². The molecule has 1 aromatic heterocycles. The number of nitrogens with one attached hydrogen (secondary N) is 1. The molecule has 1 fully saturated rings. The van der Waals surface area contributed by atoms with Crippen LogP contribution in [0.15, 0.2) is 36.4 Å². The lowest BCUT2D eigenvalue weighted by Crippen LogP contribution is -2.34. The van der Waals surface area contributed by atoms with Gasteiger partial charge in [0.05, 0.1) is 26.5 Å². The smallest absolute Gasteiger partial charge is 0.161 e. The summed E-state index contributed by atoms with van der Waals surface area (Å²) in [5.41, 5.74) is 6.14. The molecule has 0 atom stereocenters. The number of rotatable bonds is 7. The maximum Gasteiger partial charge on any atom is 0.161 e. The van der Waals surface area contributed by atoms with Crippen molar-refractivity contribution in [1.82, 2.24) is 9.88 Å². The van der Waals surface area contributed by atoms with Crippen molar-refractivity contribution in [3.63, 3.8) is 0 Å². The minimum Gasteiger partial charge on any atom is -0.493 e. The van der Waals surface area contributed by atoms with Crippen LogP contribution in [0.5, 0.6) is 11.5 Å². The lowest BCUT2D eigenvalue weighted by atomic mass is 9.87. The Hall–Kier alpha value is -2.79. The normalized spacial score (nSPS) is 15.5. The van der Waals surface area contributed by atoms with Crippen LogP contribution in [0, 0.1) is 0 Å². The van der Waals surface area contributed by atoms with Crippen LogP contribution in [0.25, 0.3) is 22.2 Å². The van der Waals surface area contributed by atoms with Gasteiger partial charge in [-0.15, -0.1) is 0 Å². The van der Waals surface area contributed by atoms with Crippen LogP contribution in [0.2, 0.25) is 0 Å². The summed E-state index contributed by atoms with van der Waals surface area (Å²) in [5.74, 6) is 2.39. The summed E-state index contributed by atoms with van der Waals surface area (Å²) in [6, 6.07) is 13.0. The molecular formula is C26H32N2O3. The van der Waals surface area contributed by atoms with Crippen LogP contribution < -0.4 is 9.47 Å². The summed E-state index contributed by atoms with van der Waals surface area (Å²) in [7, 11) is 3.33. The highest BCUT2D eigenvalue weighted by atomic mass is 16.5. The number of fused-ring (bicyclic) bond motifs is 1. The van der Waals surface area contributed by atoms with Gasteiger partial charge in [0.15, 0.2) is 11.5 Å². The number of aromatic nitrogens is 1. The molecular weight excluding hydrogens is 388 g/mol. The van der Waals surface area contributed by atoms with Gasteiger partial charge in [-0.1, -0.05) is 19.9 Å². The fraction of sp³-hybridized carbons (Fsp3) is 0.423. The number of piperidine rings is 1. The molecule has 0 saturated carbocycles. The van der Waals surface area contributed by atoms with Crippen molar-refractivity contribution in [2.24, 2.45) is 0 Å². The number of benzene rings is 2. The molecule has 0 bridgehead atoms. The van der Waals surface area contributed by atoms with Gasteiger partial charge in [0.1, 0.15) is 6.29 Å². The monoisotopic (exact) mass is 420 g/mol. The standard InChI is InChI=1S/C26H32N2O3/c1-17(2)25-21-15-19(18-9-11-28(12-10-18)13-14-29)5-7-22(21)27-26(25)20-6-8-23(30-3)24(16-20)31-4/h5-8,14-18,27H,9-13H2,1-4H3. The van der Waals surface area contributed by atoms with Gasteiger partial charge in [0.2, 0.25) is 0 Å². The maximum absolute atomic E-state index is 10.8. The highest BCUT2D eigenvalue weighted by Crippen LogP contribution is 2.40. The van der Waals surface area contributed by atoms with Crippen molar-refractivity contribution in [2.75, 3.05) is 33.9 Å². The number of hydrogen-bond donors (Lipinski definition) is 1. The first-order chi connectivity index (χ1) is 15.0.